The summed E-state index contributed by atoms with van der Waals surface area (Å²) >= 11 is 0. The number of ketones is 1. The highest BCUT2D eigenvalue weighted by atomic mass is 16.5. The SMILES string of the molecule is CC[C@H](OC(=O)[C@H]1CC(=O)N(NC(=O)c2cccc(C)c2)C1)C(=O)c1ccccc1. The first-order valence-electron chi connectivity index (χ1n) is 9.86. The zero-order valence-corrected chi connectivity index (χ0v) is 17.0. The van der Waals surface area contributed by atoms with Crippen LogP contribution in [0, 0.1) is 12.8 Å². The van der Waals surface area contributed by atoms with Crippen LogP contribution in [-0.4, -0.2) is 41.2 Å². The maximum atomic E-state index is 12.6. The largest absolute Gasteiger partial charge is 0.454 e. The molecule has 0 spiro atoms. The lowest BCUT2D eigenvalue weighted by Crippen LogP contribution is -2.43. The molecule has 30 heavy (non-hydrogen) atoms. The molecule has 1 aliphatic rings. The maximum absolute atomic E-state index is 12.6. The fraction of sp³-hybridized carbons (Fsp3) is 0.304. The van der Waals surface area contributed by atoms with Crippen molar-refractivity contribution in [3.05, 3.63) is 71.3 Å². The summed E-state index contributed by atoms with van der Waals surface area (Å²) in [7, 11) is 0. The molecule has 156 valence electrons. The fourth-order valence-electron chi connectivity index (χ4n) is 3.29. The monoisotopic (exact) mass is 408 g/mol. The van der Waals surface area contributed by atoms with Crippen molar-refractivity contribution in [2.24, 2.45) is 5.92 Å². The van der Waals surface area contributed by atoms with Gasteiger partial charge in [-0.15, -0.1) is 0 Å². The van der Waals surface area contributed by atoms with Crippen molar-refractivity contribution in [1.29, 1.82) is 0 Å². The van der Waals surface area contributed by atoms with Crippen molar-refractivity contribution in [1.82, 2.24) is 10.4 Å². The quantitative estimate of drug-likeness (QED) is 0.562. The summed E-state index contributed by atoms with van der Waals surface area (Å²) in [4.78, 5) is 49.8. The van der Waals surface area contributed by atoms with E-state index in [9.17, 15) is 19.2 Å². The molecule has 2 amide bonds. The van der Waals surface area contributed by atoms with Gasteiger partial charge in [-0.2, -0.15) is 0 Å². The van der Waals surface area contributed by atoms with Crippen molar-refractivity contribution in [2.45, 2.75) is 32.8 Å². The summed E-state index contributed by atoms with van der Waals surface area (Å²) in [5.74, 6) is -2.44. The summed E-state index contributed by atoms with van der Waals surface area (Å²) < 4.78 is 5.42. The molecule has 1 N–H and O–H groups in total. The van der Waals surface area contributed by atoms with Crippen LogP contribution in [-0.2, 0) is 14.3 Å². The molecule has 1 saturated heterocycles. The van der Waals surface area contributed by atoms with Gasteiger partial charge in [-0.1, -0.05) is 55.0 Å². The molecule has 7 nitrogen and oxygen atoms in total. The average molecular weight is 408 g/mol. The van der Waals surface area contributed by atoms with E-state index < -0.39 is 23.9 Å². The molecular weight excluding hydrogens is 384 g/mol. The van der Waals surface area contributed by atoms with Crippen LogP contribution >= 0.6 is 0 Å². The predicted octanol–water partition coefficient (Wildman–Crippen LogP) is 2.69. The van der Waals surface area contributed by atoms with Gasteiger partial charge in [0.25, 0.3) is 5.91 Å². The van der Waals surface area contributed by atoms with Gasteiger partial charge in [0.15, 0.2) is 6.10 Å². The molecule has 1 aliphatic heterocycles. The smallest absolute Gasteiger partial charge is 0.312 e. The number of hydrogen-bond donors (Lipinski definition) is 1. The Morgan fingerprint density at radius 2 is 1.80 bits per heavy atom. The Morgan fingerprint density at radius 1 is 1.10 bits per heavy atom. The molecule has 0 radical (unpaired) electrons. The van der Waals surface area contributed by atoms with Crippen molar-refractivity contribution in [3.8, 4) is 0 Å². The summed E-state index contributed by atoms with van der Waals surface area (Å²) in [6, 6.07) is 15.6. The molecule has 0 aliphatic carbocycles. The number of hydrogen-bond acceptors (Lipinski definition) is 5. The molecule has 1 heterocycles. The minimum absolute atomic E-state index is 0.00514. The van der Waals surface area contributed by atoms with Crippen molar-refractivity contribution < 1.29 is 23.9 Å². The molecule has 0 saturated carbocycles. The third-order valence-electron chi connectivity index (χ3n) is 4.96. The van der Waals surface area contributed by atoms with Gasteiger partial charge in [-0.25, -0.2) is 0 Å². The summed E-state index contributed by atoms with van der Waals surface area (Å²) in [5, 5.41) is 1.14. The van der Waals surface area contributed by atoms with Gasteiger partial charge in [0.2, 0.25) is 11.7 Å². The van der Waals surface area contributed by atoms with Crippen LogP contribution in [0.5, 0.6) is 0 Å². The number of carbonyl (C=O) groups is 4. The van der Waals surface area contributed by atoms with Crippen molar-refractivity contribution >= 4 is 23.6 Å². The van der Waals surface area contributed by atoms with Gasteiger partial charge in [-0.3, -0.25) is 29.6 Å². The molecule has 0 unspecified atom stereocenters. The molecule has 2 atom stereocenters. The number of rotatable bonds is 7. The predicted molar refractivity (Wildman–Crippen MR) is 109 cm³/mol. The van der Waals surface area contributed by atoms with E-state index in [0.717, 1.165) is 10.6 Å². The number of hydrazine groups is 1. The standard InChI is InChI=1S/C23H24N2O5/c1-3-19(21(27)16-9-5-4-6-10-16)30-23(29)18-13-20(26)25(14-18)24-22(28)17-11-7-8-15(2)12-17/h4-12,18-19H,3,13-14H2,1-2H3,(H,24,28)/t18-,19-/m0/s1. The van der Waals surface area contributed by atoms with Crippen molar-refractivity contribution in [2.75, 3.05) is 6.54 Å². The summed E-state index contributed by atoms with van der Waals surface area (Å²) in [5.41, 5.74) is 4.35. The van der Waals surface area contributed by atoms with Gasteiger partial charge < -0.3 is 4.74 Å². The first-order chi connectivity index (χ1) is 14.4. The maximum Gasteiger partial charge on any atom is 0.312 e. The van der Waals surface area contributed by atoms with E-state index in [0.29, 0.717) is 17.5 Å². The number of carbonyl (C=O) groups excluding carboxylic acids is 4. The second kappa shape index (κ2) is 9.35. The number of benzene rings is 2. The molecule has 1 fully saturated rings. The summed E-state index contributed by atoms with van der Waals surface area (Å²) in [6.07, 6.45) is -0.664. The Labute approximate surface area is 175 Å². The number of ether oxygens (including phenoxy) is 1. The number of aryl methyl sites for hydroxylation is 1. The first-order valence-corrected chi connectivity index (χ1v) is 9.86. The second-order valence-electron chi connectivity index (χ2n) is 7.28. The topological polar surface area (TPSA) is 92.8 Å². The third-order valence-corrected chi connectivity index (χ3v) is 4.96. The van der Waals surface area contributed by atoms with E-state index in [4.69, 9.17) is 4.74 Å². The molecule has 2 aromatic rings. The lowest BCUT2D eigenvalue weighted by Gasteiger charge is -2.19. The highest BCUT2D eigenvalue weighted by Gasteiger charge is 2.38. The van der Waals surface area contributed by atoms with Gasteiger partial charge in [-0.05, 0) is 25.5 Å². The van der Waals surface area contributed by atoms with Crippen LogP contribution in [0.3, 0.4) is 0 Å². The average Bonchev–Trinajstić information content (AvgIpc) is 3.12. The second-order valence-corrected chi connectivity index (χ2v) is 7.28. The highest BCUT2D eigenvalue weighted by Crippen LogP contribution is 2.20. The summed E-state index contributed by atoms with van der Waals surface area (Å²) in [6.45, 7) is 3.63. The molecule has 7 heteroatoms. The first kappa shape index (κ1) is 21.2. The number of nitrogens with one attached hydrogen (secondary N) is 1. The van der Waals surface area contributed by atoms with Crippen LogP contribution in [0.25, 0.3) is 0 Å². The molecule has 3 rings (SSSR count). The molecule has 2 aromatic carbocycles. The lowest BCUT2D eigenvalue weighted by atomic mass is 10.0. The zero-order valence-electron chi connectivity index (χ0n) is 17.0. The molecule has 0 bridgehead atoms. The fourth-order valence-corrected chi connectivity index (χ4v) is 3.29. The molecular formula is C23H24N2O5. The van der Waals surface area contributed by atoms with E-state index in [1.165, 1.54) is 0 Å². The number of amides is 2. The van der Waals surface area contributed by atoms with E-state index in [-0.39, 0.29) is 24.7 Å². The minimum atomic E-state index is -0.911. The van der Waals surface area contributed by atoms with Crippen LogP contribution in [0.2, 0.25) is 0 Å². The Kier molecular flexibility index (Phi) is 6.61. The van der Waals surface area contributed by atoms with Crippen LogP contribution in [0.1, 0.15) is 46.0 Å². The Hall–Kier alpha value is -3.48. The van der Waals surface area contributed by atoms with Crippen LogP contribution < -0.4 is 5.43 Å². The highest BCUT2D eigenvalue weighted by molar-refractivity contribution is 6.01. The van der Waals surface area contributed by atoms with Crippen LogP contribution in [0.15, 0.2) is 54.6 Å². The number of esters is 1. The normalized spacial score (nSPS) is 16.8. The van der Waals surface area contributed by atoms with Gasteiger partial charge in [0, 0.05) is 17.5 Å². The van der Waals surface area contributed by atoms with Gasteiger partial charge in [0.05, 0.1) is 12.5 Å². The third kappa shape index (κ3) is 4.92. The minimum Gasteiger partial charge on any atom is -0.454 e. The number of nitrogens with zero attached hydrogens (tertiary/aromatic N) is 1. The Bertz CT molecular complexity index is 957. The van der Waals surface area contributed by atoms with Gasteiger partial charge >= 0.3 is 5.97 Å². The van der Waals surface area contributed by atoms with E-state index in [1.807, 2.05) is 13.0 Å². The van der Waals surface area contributed by atoms with E-state index >= 15 is 0 Å². The van der Waals surface area contributed by atoms with Crippen molar-refractivity contribution in [3.63, 3.8) is 0 Å². The molecule has 0 aromatic heterocycles. The zero-order chi connectivity index (χ0) is 21.7. The lowest BCUT2D eigenvalue weighted by molar-refractivity contribution is -0.151. The Morgan fingerprint density at radius 3 is 2.47 bits per heavy atom. The van der Waals surface area contributed by atoms with Crippen LogP contribution in [0.4, 0.5) is 0 Å². The van der Waals surface area contributed by atoms with Gasteiger partial charge in [0.1, 0.15) is 0 Å². The Balaban J connectivity index is 1.60. The van der Waals surface area contributed by atoms with E-state index in [2.05, 4.69) is 5.43 Å². The van der Waals surface area contributed by atoms with E-state index in [1.54, 1.807) is 55.5 Å². The number of Topliss-reactive ketones (excluding diaryl/α,β-unsaturated/α-hetero) is 1.